The Hall–Kier alpha value is -1.67. The molecule has 1 aromatic heterocycles. The van der Waals surface area contributed by atoms with Crippen LogP contribution in [0.2, 0.25) is 0 Å². The molecule has 0 atom stereocenters. The van der Waals surface area contributed by atoms with E-state index in [9.17, 15) is 0 Å². The van der Waals surface area contributed by atoms with Crippen LogP contribution in [-0.2, 0) is 0 Å². The molecule has 0 amide bonds. The van der Waals surface area contributed by atoms with E-state index in [1.807, 2.05) is 25.9 Å². The summed E-state index contributed by atoms with van der Waals surface area (Å²) in [6, 6.07) is 0.408. The summed E-state index contributed by atoms with van der Waals surface area (Å²) in [5, 5.41) is 0. The van der Waals surface area contributed by atoms with Gasteiger partial charge in [0.2, 0.25) is 5.95 Å². The first-order valence-electron chi connectivity index (χ1n) is 5.78. The minimum absolute atomic E-state index is 0.200. The van der Waals surface area contributed by atoms with Crippen molar-refractivity contribution in [2.24, 2.45) is 5.84 Å². The summed E-state index contributed by atoms with van der Waals surface area (Å²) in [6.45, 7) is 3.78. The summed E-state index contributed by atoms with van der Waals surface area (Å²) >= 11 is 0. The van der Waals surface area contributed by atoms with Gasteiger partial charge in [0.1, 0.15) is 6.61 Å². The van der Waals surface area contributed by atoms with E-state index in [4.69, 9.17) is 15.3 Å². The molecule has 0 unspecified atom stereocenters. The number of anilines is 1. The summed E-state index contributed by atoms with van der Waals surface area (Å²) in [5.41, 5.74) is 2.35. The van der Waals surface area contributed by atoms with Gasteiger partial charge in [0, 0.05) is 6.54 Å². The predicted molar refractivity (Wildman–Crippen MR) is 67.5 cm³/mol. The molecule has 0 saturated carbocycles. The Bertz CT molecular complexity index is 360. The second-order valence-electron chi connectivity index (χ2n) is 3.87. The molecule has 0 spiro atoms. The van der Waals surface area contributed by atoms with Crippen molar-refractivity contribution < 1.29 is 9.47 Å². The van der Waals surface area contributed by atoms with E-state index in [1.165, 1.54) is 0 Å². The minimum Gasteiger partial charge on any atom is -0.463 e. The second-order valence-corrected chi connectivity index (χ2v) is 3.87. The monoisotopic (exact) mass is 256 g/mol. The molecule has 18 heavy (non-hydrogen) atoms. The van der Waals surface area contributed by atoms with Crippen LogP contribution < -0.4 is 20.7 Å². The first kappa shape index (κ1) is 14.4. The van der Waals surface area contributed by atoms with Gasteiger partial charge in [-0.2, -0.15) is 9.97 Å². The molecule has 3 N–H and O–H groups in total. The lowest BCUT2D eigenvalue weighted by molar-refractivity contribution is 0.235. The normalized spacial score (nSPS) is 10.5. The van der Waals surface area contributed by atoms with E-state index in [2.05, 4.69) is 20.4 Å². The summed E-state index contributed by atoms with van der Waals surface area (Å²) in [5.74, 6) is 5.49. The largest absolute Gasteiger partial charge is 0.463 e. The molecule has 0 bridgehead atoms. The fraction of sp³-hybridized carbons (Fsp3) is 0.700. The van der Waals surface area contributed by atoms with Crippen molar-refractivity contribution in [1.82, 2.24) is 19.9 Å². The Labute approximate surface area is 106 Å². The van der Waals surface area contributed by atoms with Crippen LogP contribution in [0.1, 0.15) is 13.3 Å². The fourth-order valence-corrected chi connectivity index (χ4v) is 1.04. The first-order valence-corrected chi connectivity index (χ1v) is 5.78. The van der Waals surface area contributed by atoms with Crippen molar-refractivity contribution in [3.63, 3.8) is 0 Å². The van der Waals surface area contributed by atoms with Gasteiger partial charge in [0.05, 0.1) is 6.61 Å². The number of likely N-dealkylation sites (N-methyl/N-ethyl adjacent to an activating group) is 1. The molecule has 0 saturated heterocycles. The van der Waals surface area contributed by atoms with Gasteiger partial charge < -0.3 is 14.4 Å². The highest BCUT2D eigenvalue weighted by molar-refractivity contribution is 5.25. The molecule has 0 aliphatic rings. The van der Waals surface area contributed by atoms with Crippen molar-refractivity contribution in [1.29, 1.82) is 0 Å². The van der Waals surface area contributed by atoms with Gasteiger partial charge in [-0.25, -0.2) is 5.84 Å². The van der Waals surface area contributed by atoms with Crippen LogP contribution in [0, 0.1) is 0 Å². The standard InChI is InChI=1S/C10H20N6O2/c1-4-6-17-9-12-8(15-11)13-10(14-9)18-7-5-16(2)3/h4-7,11H2,1-3H3,(H,12,13,14,15). The third-order valence-corrected chi connectivity index (χ3v) is 1.93. The summed E-state index contributed by atoms with van der Waals surface area (Å²) < 4.78 is 10.7. The van der Waals surface area contributed by atoms with Gasteiger partial charge >= 0.3 is 12.0 Å². The number of nitrogen functional groups attached to an aromatic ring is 1. The average molecular weight is 256 g/mol. The highest BCUT2D eigenvalue weighted by Crippen LogP contribution is 2.12. The van der Waals surface area contributed by atoms with Crippen LogP contribution in [0.4, 0.5) is 5.95 Å². The molecule has 0 fully saturated rings. The maximum Gasteiger partial charge on any atom is 0.324 e. The molecular weight excluding hydrogens is 236 g/mol. The maximum atomic E-state index is 5.40. The quantitative estimate of drug-likeness (QED) is 0.491. The van der Waals surface area contributed by atoms with Crippen molar-refractivity contribution in [3.05, 3.63) is 0 Å². The van der Waals surface area contributed by atoms with Crippen LogP contribution >= 0.6 is 0 Å². The number of hydrogen-bond acceptors (Lipinski definition) is 8. The van der Waals surface area contributed by atoms with Crippen molar-refractivity contribution in [3.8, 4) is 12.0 Å². The Kier molecular flexibility index (Phi) is 6.09. The second kappa shape index (κ2) is 7.62. The van der Waals surface area contributed by atoms with E-state index in [0.29, 0.717) is 13.2 Å². The topological polar surface area (TPSA) is 98.4 Å². The van der Waals surface area contributed by atoms with Crippen molar-refractivity contribution >= 4 is 5.95 Å². The molecule has 8 nitrogen and oxygen atoms in total. The first-order chi connectivity index (χ1) is 8.65. The van der Waals surface area contributed by atoms with Crippen LogP contribution in [0.5, 0.6) is 12.0 Å². The Morgan fingerprint density at radius 3 is 2.22 bits per heavy atom. The zero-order valence-electron chi connectivity index (χ0n) is 11.0. The van der Waals surface area contributed by atoms with Gasteiger partial charge in [0.25, 0.3) is 0 Å². The van der Waals surface area contributed by atoms with E-state index >= 15 is 0 Å². The Balaban J connectivity index is 2.64. The number of aromatic nitrogens is 3. The number of ether oxygens (including phenoxy) is 2. The molecule has 0 radical (unpaired) electrons. The van der Waals surface area contributed by atoms with Gasteiger partial charge in [-0.1, -0.05) is 6.92 Å². The summed E-state index contributed by atoms with van der Waals surface area (Å²) in [4.78, 5) is 14.0. The SMILES string of the molecule is CCCOc1nc(NN)nc(OCCN(C)C)n1. The third-order valence-electron chi connectivity index (χ3n) is 1.93. The van der Waals surface area contributed by atoms with Crippen LogP contribution in [0.25, 0.3) is 0 Å². The maximum absolute atomic E-state index is 5.40. The molecule has 1 rings (SSSR count). The number of nitrogens with zero attached hydrogens (tertiary/aromatic N) is 4. The van der Waals surface area contributed by atoms with Gasteiger partial charge in [-0.15, -0.1) is 4.98 Å². The smallest absolute Gasteiger partial charge is 0.324 e. The number of nitrogens with two attached hydrogens (primary N) is 1. The number of hydrogen-bond donors (Lipinski definition) is 2. The summed E-state index contributed by atoms with van der Waals surface area (Å²) in [6.07, 6.45) is 0.869. The average Bonchev–Trinajstić information content (AvgIpc) is 2.35. The van der Waals surface area contributed by atoms with Crippen LogP contribution in [0.15, 0.2) is 0 Å². The molecule has 1 aromatic rings. The van der Waals surface area contributed by atoms with Gasteiger partial charge in [0.15, 0.2) is 0 Å². The molecule has 0 aromatic carbocycles. The number of hydrazine groups is 1. The van der Waals surface area contributed by atoms with E-state index < -0.39 is 0 Å². The molecule has 0 aliphatic carbocycles. The zero-order valence-corrected chi connectivity index (χ0v) is 11.0. The van der Waals surface area contributed by atoms with E-state index in [1.54, 1.807) is 0 Å². The minimum atomic E-state index is 0.200. The van der Waals surface area contributed by atoms with Crippen LogP contribution in [0.3, 0.4) is 0 Å². The Morgan fingerprint density at radius 1 is 1.11 bits per heavy atom. The van der Waals surface area contributed by atoms with Crippen molar-refractivity contribution in [2.45, 2.75) is 13.3 Å². The van der Waals surface area contributed by atoms with Crippen LogP contribution in [-0.4, -0.2) is 53.7 Å². The lowest BCUT2D eigenvalue weighted by atomic mass is 10.5. The lowest BCUT2D eigenvalue weighted by Gasteiger charge is -2.11. The molecule has 8 heteroatoms. The third kappa shape index (κ3) is 5.11. The lowest BCUT2D eigenvalue weighted by Crippen LogP contribution is -2.20. The molecular formula is C10H20N6O2. The van der Waals surface area contributed by atoms with Gasteiger partial charge in [-0.3, -0.25) is 5.43 Å². The van der Waals surface area contributed by atoms with Gasteiger partial charge in [-0.05, 0) is 20.5 Å². The fourth-order valence-electron chi connectivity index (χ4n) is 1.04. The highest BCUT2D eigenvalue weighted by atomic mass is 16.5. The molecule has 102 valence electrons. The molecule has 0 aliphatic heterocycles. The molecule has 1 heterocycles. The van der Waals surface area contributed by atoms with E-state index in [0.717, 1.165) is 13.0 Å². The number of nitrogens with one attached hydrogen (secondary N) is 1. The summed E-state index contributed by atoms with van der Waals surface area (Å²) in [7, 11) is 3.92. The van der Waals surface area contributed by atoms with E-state index in [-0.39, 0.29) is 18.0 Å². The highest BCUT2D eigenvalue weighted by Gasteiger charge is 2.07. The Morgan fingerprint density at radius 2 is 1.72 bits per heavy atom. The van der Waals surface area contributed by atoms with Crippen molar-refractivity contribution in [2.75, 3.05) is 39.3 Å². The predicted octanol–water partition coefficient (Wildman–Crippen LogP) is -0.114. The number of rotatable bonds is 8. The zero-order chi connectivity index (χ0) is 13.4.